The largest absolute Gasteiger partial charge is 0.383 e. The Bertz CT molecular complexity index is 2010. The number of carbonyl (C=O) groups is 1. The highest BCUT2D eigenvalue weighted by Gasteiger charge is 2.27. The van der Waals surface area contributed by atoms with E-state index in [0.717, 1.165) is 53.2 Å². The normalized spacial score (nSPS) is 15.1. The third-order valence-corrected chi connectivity index (χ3v) is 8.40. The summed E-state index contributed by atoms with van der Waals surface area (Å²) in [5.41, 5.74) is 13.0. The topological polar surface area (TPSA) is 148 Å². The fourth-order valence-corrected chi connectivity index (χ4v) is 6.10. The van der Waals surface area contributed by atoms with Gasteiger partial charge in [-0.2, -0.15) is 5.16 Å². The zero-order valence-electron chi connectivity index (χ0n) is 24.5. The van der Waals surface area contributed by atoms with Gasteiger partial charge in [0, 0.05) is 30.5 Å². The Morgan fingerprint density at radius 1 is 1.02 bits per heavy atom. The molecule has 45 heavy (non-hydrogen) atoms. The van der Waals surface area contributed by atoms with Crippen LogP contribution >= 0.6 is 0 Å². The number of likely N-dealkylation sites (tertiary alicyclic amines) is 1. The first-order valence-electron chi connectivity index (χ1n) is 14.9. The third kappa shape index (κ3) is 5.61. The van der Waals surface area contributed by atoms with Crippen LogP contribution in [-0.2, 0) is 17.8 Å². The zero-order valence-corrected chi connectivity index (χ0v) is 24.5. The van der Waals surface area contributed by atoms with Crippen LogP contribution in [0.25, 0.3) is 39.5 Å². The average molecular weight is 601 g/mol. The monoisotopic (exact) mass is 600 g/mol. The molecule has 0 spiro atoms. The second-order valence-corrected chi connectivity index (χ2v) is 11.2. The van der Waals surface area contributed by atoms with Crippen molar-refractivity contribution in [1.82, 2.24) is 34.9 Å². The molecule has 1 saturated heterocycles. The summed E-state index contributed by atoms with van der Waals surface area (Å²) in [6.45, 7) is 2.65. The van der Waals surface area contributed by atoms with E-state index in [-0.39, 0.29) is 5.56 Å². The molecular formula is C34H32N8O3. The van der Waals surface area contributed by atoms with Gasteiger partial charge < -0.3 is 15.6 Å². The van der Waals surface area contributed by atoms with E-state index in [1.54, 1.807) is 6.20 Å². The lowest BCUT2D eigenvalue weighted by Crippen LogP contribution is -2.23. The molecular weight excluding hydrogens is 568 g/mol. The van der Waals surface area contributed by atoms with E-state index in [9.17, 15) is 9.59 Å². The highest BCUT2D eigenvalue weighted by molar-refractivity contribution is 5.84. The Morgan fingerprint density at radius 3 is 2.67 bits per heavy atom. The number of fused-ring (bicyclic) bond motifs is 1. The number of amides is 1. The maximum atomic E-state index is 12.2. The first-order valence-corrected chi connectivity index (χ1v) is 14.9. The number of imidazole rings is 1. The Labute approximate surface area is 258 Å². The van der Waals surface area contributed by atoms with Crippen LogP contribution in [-0.4, -0.2) is 55.6 Å². The summed E-state index contributed by atoms with van der Waals surface area (Å²) in [4.78, 5) is 39.5. The lowest BCUT2D eigenvalue weighted by Gasteiger charge is -2.16. The van der Waals surface area contributed by atoms with Crippen molar-refractivity contribution in [2.45, 2.75) is 25.3 Å². The third-order valence-electron chi connectivity index (χ3n) is 8.40. The van der Waals surface area contributed by atoms with Gasteiger partial charge in [0.25, 0.3) is 5.56 Å². The molecule has 1 amide bonds. The van der Waals surface area contributed by atoms with Gasteiger partial charge in [0.1, 0.15) is 11.3 Å². The maximum Gasteiger partial charge on any atom is 0.283 e. The van der Waals surface area contributed by atoms with Gasteiger partial charge in [-0.25, -0.2) is 15.0 Å². The van der Waals surface area contributed by atoms with Crippen molar-refractivity contribution in [3.8, 4) is 28.3 Å². The Hall–Kier alpha value is -5.55. The van der Waals surface area contributed by atoms with Crippen LogP contribution in [0, 0.1) is 0 Å². The molecule has 4 aromatic heterocycles. The van der Waals surface area contributed by atoms with Crippen LogP contribution < -0.4 is 16.6 Å². The zero-order chi connectivity index (χ0) is 30.8. The van der Waals surface area contributed by atoms with Crippen LogP contribution in [0.5, 0.6) is 0 Å². The summed E-state index contributed by atoms with van der Waals surface area (Å²) in [6.07, 6.45) is 3.72. The number of benzene rings is 2. The summed E-state index contributed by atoms with van der Waals surface area (Å²) >= 11 is 0. The lowest BCUT2D eigenvalue weighted by molar-refractivity contribution is -0.109. The molecule has 1 atom stereocenters. The maximum absolute atomic E-state index is 12.2. The Morgan fingerprint density at radius 2 is 1.87 bits per heavy atom. The lowest BCUT2D eigenvalue weighted by atomic mass is 9.98. The van der Waals surface area contributed by atoms with Gasteiger partial charge in [0.2, 0.25) is 6.41 Å². The first-order chi connectivity index (χ1) is 22.1. The molecule has 0 aliphatic carbocycles. The van der Waals surface area contributed by atoms with Gasteiger partial charge in [-0.05, 0) is 67.3 Å². The van der Waals surface area contributed by atoms with E-state index in [4.69, 9.17) is 20.2 Å². The minimum absolute atomic E-state index is 0.242. The number of rotatable bonds is 10. The predicted molar refractivity (Wildman–Crippen MR) is 172 cm³/mol. The molecule has 1 aliphatic rings. The quantitative estimate of drug-likeness (QED) is 0.156. The Balaban J connectivity index is 1.17. The van der Waals surface area contributed by atoms with Crippen molar-refractivity contribution in [3.63, 3.8) is 0 Å². The highest BCUT2D eigenvalue weighted by Crippen LogP contribution is 2.33. The SMILES string of the molecule is Nc1ncccc1-c1nc2ccc(-c3ccccc3)nc2n1-c1ccc(C2CCN(Cc3o[nH]c(=O)c3CCNC=O)C2)cc1. The molecule has 1 aliphatic heterocycles. The van der Waals surface area contributed by atoms with E-state index in [0.29, 0.717) is 54.8 Å². The van der Waals surface area contributed by atoms with E-state index in [1.807, 2.05) is 54.6 Å². The van der Waals surface area contributed by atoms with Crippen molar-refractivity contribution >= 4 is 23.4 Å². The number of carbonyl (C=O) groups excluding carboxylic acids is 1. The number of aromatic amines is 1. The summed E-state index contributed by atoms with van der Waals surface area (Å²) in [7, 11) is 0. The van der Waals surface area contributed by atoms with E-state index >= 15 is 0 Å². The molecule has 0 bridgehead atoms. The number of hydrogen-bond acceptors (Lipinski definition) is 8. The molecule has 4 N–H and O–H groups in total. The molecule has 0 saturated carbocycles. The molecule has 0 radical (unpaired) electrons. The van der Waals surface area contributed by atoms with Crippen LogP contribution in [0.3, 0.4) is 0 Å². The molecule has 11 heteroatoms. The number of nitrogens with two attached hydrogens (primary N) is 1. The van der Waals surface area contributed by atoms with Crippen molar-refractivity contribution in [3.05, 3.63) is 112 Å². The molecule has 5 heterocycles. The number of aromatic nitrogens is 5. The molecule has 1 fully saturated rings. The minimum Gasteiger partial charge on any atom is -0.383 e. The van der Waals surface area contributed by atoms with Crippen LogP contribution in [0.4, 0.5) is 5.82 Å². The fourth-order valence-electron chi connectivity index (χ4n) is 6.10. The van der Waals surface area contributed by atoms with Crippen molar-refractivity contribution in [1.29, 1.82) is 0 Å². The molecule has 1 unspecified atom stereocenters. The van der Waals surface area contributed by atoms with Gasteiger partial charge in [0.05, 0.1) is 23.4 Å². The fraction of sp³-hybridized carbons (Fsp3) is 0.206. The van der Waals surface area contributed by atoms with Gasteiger partial charge in [-0.1, -0.05) is 42.5 Å². The number of hydrogen-bond donors (Lipinski definition) is 3. The number of nitrogen functional groups attached to an aromatic ring is 1. The predicted octanol–water partition coefficient (Wildman–Crippen LogP) is 4.29. The smallest absolute Gasteiger partial charge is 0.283 e. The van der Waals surface area contributed by atoms with E-state index < -0.39 is 0 Å². The summed E-state index contributed by atoms with van der Waals surface area (Å²) in [6, 6.07) is 26.4. The van der Waals surface area contributed by atoms with Gasteiger partial charge >= 0.3 is 0 Å². The number of H-pyrrole nitrogens is 1. The highest BCUT2D eigenvalue weighted by atomic mass is 16.5. The number of nitrogens with one attached hydrogen (secondary N) is 2. The van der Waals surface area contributed by atoms with Gasteiger partial charge in [-0.15, -0.1) is 0 Å². The minimum atomic E-state index is -0.242. The van der Waals surface area contributed by atoms with Gasteiger partial charge in [-0.3, -0.25) is 19.1 Å². The summed E-state index contributed by atoms with van der Waals surface area (Å²) in [5.74, 6) is 2.04. The van der Waals surface area contributed by atoms with Crippen molar-refractivity contribution < 1.29 is 9.32 Å². The average Bonchev–Trinajstić information content (AvgIpc) is 3.79. The van der Waals surface area contributed by atoms with E-state index in [1.165, 1.54) is 5.56 Å². The van der Waals surface area contributed by atoms with Crippen LogP contribution in [0.15, 0.2) is 94.4 Å². The molecule has 7 rings (SSSR count). The van der Waals surface area contributed by atoms with Crippen molar-refractivity contribution in [2.24, 2.45) is 0 Å². The summed E-state index contributed by atoms with van der Waals surface area (Å²) < 4.78 is 7.54. The van der Waals surface area contributed by atoms with Gasteiger partial charge in [0.15, 0.2) is 17.2 Å². The number of anilines is 1. The van der Waals surface area contributed by atoms with Crippen LogP contribution in [0.1, 0.15) is 29.2 Å². The molecule has 11 nitrogen and oxygen atoms in total. The number of pyridine rings is 2. The molecule has 6 aromatic rings. The standard InChI is InChI=1S/C34H32N8O3/c35-31-27(7-4-16-37-31)32-39-29-13-12-28(23-5-2-1-3-6-23)38-33(29)42(32)25-10-8-22(9-11-25)24-15-18-41(19-24)20-30-26(14-17-36-21-43)34(44)40-45-30/h1-13,16,21,24H,14-15,17-20H2,(H2,35,37)(H,36,43)(H,40,44). The first kappa shape index (κ1) is 28.2. The van der Waals surface area contributed by atoms with Crippen LogP contribution in [0.2, 0.25) is 0 Å². The second-order valence-electron chi connectivity index (χ2n) is 11.2. The van der Waals surface area contributed by atoms with E-state index in [2.05, 4.69) is 49.2 Å². The summed E-state index contributed by atoms with van der Waals surface area (Å²) in [5, 5.41) is 5.05. The molecule has 226 valence electrons. The number of nitrogens with zero attached hydrogens (tertiary/aromatic N) is 5. The Kier molecular flexibility index (Phi) is 7.66. The molecule has 2 aromatic carbocycles. The van der Waals surface area contributed by atoms with Crippen molar-refractivity contribution in [2.75, 3.05) is 25.4 Å². The second kappa shape index (κ2) is 12.2.